The molecule has 0 bridgehead atoms. The molecule has 0 radical (unpaired) electrons. The summed E-state index contributed by atoms with van der Waals surface area (Å²) in [6.07, 6.45) is 1.02. The average Bonchev–Trinajstić information content (AvgIpc) is 2.97. The largest absolute Gasteiger partial charge is 0.384 e. The second-order valence-corrected chi connectivity index (χ2v) is 5.33. The predicted octanol–water partition coefficient (Wildman–Crippen LogP) is 3.78. The van der Waals surface area contributed by atoms with Crippen LogP contribution in [-0.4, -0.2) is 15.3 Å². The van der Waals surface area contributed by atoms with Crippen LogP contribution in [0.15, 0.2) is 54.7 Å². The fraction of sp³-hybridized carbons (Fsp3) is 0.167. The van der Waals surface area contributed by atoms with Crippen molar-refractivity contribution in [1.29, 1.82) is 0 Å². The monoisotopic (exact) mass is 278 g/mol. The van der Waals surface area contributed by atoms with Gasteiger partial charge in [0.15, 0.2) is 0 Å². The third-order valence-corrected chi connectivity index (χ3v) is 3.75. The van der Waals surface area contributed by atoms with Crippen molar-refractivity contribution < 1.29 is 5.11 Å². The Hall–Kier alpha value is -2.39. The Morgan fingerprint density at radius 3 is 2.48 bits per heavy atom. The summed E-state index contributed by atoms with van der Waals surface area (Å²) in [5, 5.41) is 17.8. The highest BCUT2D eigenvalue weighted by Crippen LogP contribution is 2.31. The van der Waals surface area contributed by atoms with Crippen LogP contribution in [0.3, 0.4) is 0 Å². The molecule has 1 heterocycles. The van der Waals surface area contributed by atoms with Gasteiger partial charge in [0.05, 0.1) is 11.9 Å². The van der Waals surface area contributed by atoms with E-state index in [1.54, 1.807) is 6.20 Å². The first-order chi connectivity index (χ1) is 10.2. The number of H-pyrrole nitrogens is 1. The van der Waals surface area contributed by atoms with Crippen LogP contribution in [0.25, 0.3) is 11.3 Å². The first kappa shape index (κ1) is 13.6. The maximum atomic E-state index is 10.7. The Kier molecular flexibility index (Phi) is 3.59. The molecule has 0 aliphatic carbocycles. The molecule has 0 spiro atoms. The van der Waals surface area contributed by atoms with E-state index < -0.39 is 6.10 Å². The number of aryl methyl sites for hydroxylation is 2. The van der Waals surface area contributed by atoms with Crippen LogP contribution in [0.4, 0.5) is 0 Å². The van der Waals surface area contributed by atoms with Crippen molar-refractivity contribution in [3.05, 3.63) is 77.0 Å². The van der Waals surface area contributed by atoms with Gasteiger partial charge in [-0.2, -0.15) is 5.10 Å². The standard InChI is InChI=1S/C18H18N2O/c1-12-8-9-15(13(2)10-12)18(21)16-11-19-20-17(16)14-6-4-3-5-7-14/h3-11,18,21H,1-2H3,(H,19,20). The summed E-state index contributed by atoms with van der Waals surface area (Å²) in [6, 6.07) is 16.0. The minimum Gasteiger partial charge on any atom is -0.384 e. The molecular formula is C18H18N2O. The van der Waals surface area contributed by atoms with E-state index in [4.69, 9.17) is 0 Å². The molecule has 1 atom stereocenters. The lowest BCUT2D eigenvalue weighted by Gasteiger charge is -2.15. The molecule has 3 nitrogen and oxygen atoms in total. The first-order valence-electron chi connectivity index (χ1n) is 7.00. The summed E-state index contributed by atoms with van der Waals surface area (Å²) in [5.41, 5.74) is 5.88. The molecule has 3 aromatic rings. The molecule has 2 aromatic carbocycles. The van der Waals surface area contributed by atoms with Gasteiger partial charge in [0.2, 0.25) is 0 Å². The normalized spacial score (nSPS) is 12.3. The highest BCUT2D eigenvalue weighted by atomic mass is 16.3. The third kappa shape index (κ3) is 2.60. The van der Waals surface area contributed by atoms with Crippen molar-refractivity contribution in [3.8, 4) is 11.3 Å². The second-order valence-electron chi connectivity index (χ2n) is 5.33. The van der Waals surface area contributed by atoms with Gasteiger partial charge in [-0.15, -0.1) is 0 Å². The molecule has 3 heteroatoms. The molecule has 0 saturated heterocycles. The van der Waals surface area contributed by atoms with Crippen LogP contribution >= 0.6 is 0 Å². The van der Waals surface area contributed by atoms with Gasteiger partial charge in [-0.1, -0.05) is 54.1 Å². The SMILES string of the molecule is Cc1ccc(C(O)c2cn[nH]c2-c2ccccc2)c(C)c1. The van der Waals surface area contributed by atoms with E-state index in [2.05, 4.69) is 23.2 Å². The third-order valence-electron chi connectivity index (χ3n) is 3.75. The maximum Gasteiger partial charge on any atom is 0.108 e. The molecule has 0 aliphatic heterocycles. The minimum atomic E-state index is -0.681. The van der Waals surface area contributed by atoms with Crippen LogP contribution in [0.2, 0.25) is 0 Å². The molecule has 106 valence electrons. The molecule has 0 saturated carbocycles. The van der Waals surface area contributed by atoms with Crippen LogP contribution in [-0.2, 0) is 0 Å². The van der Waals surface area contributed by atoms with E-state index in [0.717, 1.165) is 27.9 Å². The predicted molar refractivity (Wildman–Crippen MR) is 84.0 cm³/mol. The van der Waals surface area contributed by atoms with Crippen molar-refractivity contribution >= 4 is 0 Å². The number of aromatic nitrogens is 2. The van der Waals surface area contributed by atoms with Crippen LogP contribution in [0.5, 0.6) is 0 Å². The Labute approximate surface area is 124 Å². The van der Waals surface area contributed by atoms with Crippen LogP contribution in [0, 0.1) is 13.8 Å². The lowest BCUT2D eigenvalue weighted by molar-refractivity contribution is 0.220. The highest BCUT2D eigenvalue weighted by Gasteiger charge is 2.19. The smallest absolute Gasteiger partial charge is 0.108 e. The molecule has 0 amide bonds. The zero-order valence-corrected chi connectivity index (χ0v) is 12.2. The molecular weight excluding hydrogens is 260 g/mol. The molecule has 2 N–H and O–H groups in total. The van der Waals surface area contributed by atoms with Crippen molar-refractivity contribution in [2.45, 2.75) is 20.0 Å². The van der Waals surface area contributed by atoms with E-state index in [0.29, 0.717) is 0 Å². The molecule has 1 unspecified atom stereocenters. The van der Waals surface area contributed by atoms with E-state index in [9.17, 15) is 5.11 Å². The molecule has 3 rings (SSSR count). The molecule has 1 aromatic heterocycles. The molecule has 21 heavy (non-hydrogen) atoms. The number of nitrogens with one attached hydrogen (secondary N) is 1. The van der Waals surface area contributed by atoms with Gasteiger partial charge in [0.25, 0.3) is 0 Å². The van der Waals surface area contributed by atoms with Gasteiger partial charge in [-0.3, -0.25) is 5.10 Å². The zero-order valence-electron chi connectivity index (χ0n) is 12.2. The topological polar surface area (TPSA) is 48.9 Å². The van der Waals surface area contributed by atoms with Gasteiger partial charge in [-0.05, 0) is 30.5 Å². The Morgan fingerprint density at radius 1 is 1.00 bits per heavy atom. The number of benzene rings is 2. The van der Waals surface area contributed by atoms with Gasteiger partial charge in [-0.25, -0.2) is 0 Å². The van der Waals surface area contributed by atoms with E-state index in [1.807, 2.05) is 49.4 Å². The first-order valence-corrected chi connectivity index (χ1v) is 7.00. The summed E-state index contributed by atoms with van der Waals surface area (Å²) in [4.78, 5) is 0. The van der Waals surface area contributed by atoms with E-state index >= 15 is 0 Å². The molecule has 0 fully saturated rings. The van der Waals surface area contributed by atoms with Gasteiger partial charge >= 0.3 is 0 Å². The lowest BCUT2D eigenvalue weighted by atomic mass is 9.95. The summed E-state index contributed by atoms with van der Waals surface area (Å²) >= 11 is 0. The number of aromatic amines is 1. The van der Waals surface area contributed by atoms with Crippen LogP contribution in [0.1, 0.15) is 28.4 Å². The average molecular weight is 278 g/mol. The Bertz CT molecular complexity index is 747. The summed E-state index contributed by atoms with van der Waals surface area (Å²) in [7, 11) is 0. The maximum absolute atomic E-state index is 10.7. The number of hydrogen-bond acceptors (Lipinski definition) is 2. The van der Waals surface area contributed by atoms with Crippen molar-refractivity contribution in [2.24, 2.45) is 0 Å². The number of nitrogens with zero attached hydrogens (tertiary/aromatic N) is 1. The minimum absolute atomic E-state index is 0.681. The fourth-order valence-corrected chi connectivity index (χ4v) is 2.64. The zero-order chi connectivity index (χ0) is 14.8. The van der Waals surface area contributed by atoms with Crippen molar-refractivity contribution in [2.75, 3.05) is 0 Å². The number of aliphatic hydroxyl groups is 1. The van der Waals surface area contributed by atoms with E-state index in [-0.39, 0.29) is 0 Å². The van der Waals surface area contributed by atoms with Crippen molar-refractivity contribution in [1.82, 2.24) is 10.2 Å². The second kappa shape index (κ2) is 5.54. The quantitative estimate of drug-likeness (QED) is 0.766. The Balaban J connectivity index is 2.03. The van der Waals surface area contributed by atoms with Crippen molar-refractivity contribution in [3.63, 3.8) is 0 Å². The molecule has 0 aliphatic rings. The van der Waals surface area contributed by atoms with Gasteiger partial charge < -0.3 is 5.11 Å². The summed E-state index contributed by atoms with van der Waals surface area (Å²) < 4.78 is 0. The lowest BCUT2D eigenvalue weighted by Crippen LogP contribution is -2.03. The van der Waals surface area contributed by atoms with Crippen LogP contribution < -0.4 is 0 Å². The number of rotatable bonds is 3. The fourth-order valence-electron chi connectivity index (χ4n) is 2.64. The highest BCUT2D eigenvalue weighted by molar-refractivity contribution is 5.64. The van der Waals surface area contributed by atoms with Gasteiger partial charge in [0.1, 0.15) is 6.10 Å². The van der Waals surface area contributed by atoms with E-state index in [1.165, 1.54) is 5.56 Å². The number of hydrogen-bond donors (Lipinski definition) is 2. The Morgan fingerprint density at radius 2 is 1.76 bits per heavy atom. The summed E-state index contributed by atoms with van der Waals surface area (Å²) in [5.74, 6) is 0. The van der Waals surface area contributed by atoms with Gasteiger partial charge in [0, 0.05) is 5.56 Å². The number of aliphatic hydroxyl groups excluding tert-OH is 1. The summed E-state index contributed by atoms with van der Waals surface area (Å²) in [6.45, 7) is 4.07.